The Bertz CT molecular complexity index is 2160. The minimum atomic E-state index is -0.204. The zero-order valence-electron chi connectivity index (χ0n) is 37.4. The summed E-state index contributed by atoms with van der Waals surface area (Å²) in [6, 6.07) is 16.0. The summed E-state index contributed by atoms with van der Waals surface area (Å²) in [5, 5.41) is 23.9. The van der Waals surface area contributed by atoms with Crippen LogP contribution in [-0.2, 0) is 16.1 Å². The van der Waals surface area contributed by atoms with Crippen LogP contribution in [0.4, 0.5) is 32.6 Å². The summed E-state index contributed by atoms with van der Waals surface area (Å²) in [5.41, 5.74) is 7.62. The van der Waals surface area contributed by atoms with Crippen LogP contribution in [0.15, 0.2) is 60.9 Å². The van der Waals surface area contributed by atoms with E-state index in [0.717, 1.165) is 64.5 Å². The van der Waals surface area contributed by atoms with Gasteiger partial charge in [0.2, 0.25) is 11.8 Å². The van der Waals surface area contributed by atoms with Crippen LogP contribution in [-0.4, -0.2) is 143 Å². The Morgan fingerprint density at radius 3 is 1.60 bits per heavy atom. The van der Waals surface area contributed by atoms with Crippen LogP contribution < -0.4 is 25.8 Å². The van der Waals surface area contributed by atoms with Crippen molar-refractivity contribution in [1.29, 1.82) is 5.41 Å². The number of piperazine rings is 2. The van der Waals surface area contributed by atoms with Gasteiger partial charge in [-0.15, -0.1) is 10.2 Å². The molecule has 4 fully saturated rings. The van der Waals surface area contributed by atoms with E-state index in [1.807, 2.05) is 11.0 Å². The highest BCUT2D eigenvalue weighted by Crippen LogP contribution is 2.28. The first-order valence-electron chi connectivity index (χ1n) is 22.4. The van der Waals surface area contributed by atoms with Crippen molar-refractivity contribution in [2.24, 2.45) is 0 Å². The van der Waals surface area contributed by atoms with E-state index in [1.165, 1.54) is 96.0 Å². The Morgan fingerprint density at radius 2 is 1.10 bits per heavy atom. The van der Waals surface area contributed by atoms with Crippen LogP contribution in [0.5, 0.6) is 0 Å². The molecule has 4 aliphatic heterocycles. The number of benzene rings is 2. The van der Waals surface area contributed by atoms with Crippen LogP contribution >= 0.6 is 0 Å². The van der Waals surface area contributed by atoms with Gasteiger partial charge in [-0.1, -0.05) is 24.3 Å². The monoisotopic (exact) mass is 864 g/mol. The molecule has 17 heteroatoms. The summed E-state index contributed by atoms with van der Waals surface area (Å²) in [7, 11) is 0. The Kier molecular flexibility index (Phi) is 16.8. The van der Waals surface area contributed by atoms with Gasteiger partial charge in [-0.05, 0) is 81.2 Å². The normalized spacial score (nSPS) is 16.8. The van der Waals surface area contributed by atoms with Crippen molar-refractivity contribution in [3.8, 4) is 0 Å². The van der Waals surface area contributed by atoms with Crippen LogP contribution in [0.3, 0.4) is 0 Å². The minimum absolute atomic E-state index is 0.152. The Morgan fingerprint density at radius 1 is 0.619 bits per heavy atom. The first kappa shape index (κ1) is 46.4. The number of nitrogens with zero attached hydrogens (tertiary/aromatic N) is 9. The topological polar surface area (TPSA) is 180 Å². The highest BCUT2D eigenvalue weighted by molar-refractivity contribution is 5.89. The fraction of sp³-hybridized carbons (Fsp3) is 0.500. The second kappa shape index (κ2) is 22.9. The van der Waals surface area contributed by atoms with Gasteiger partial charge in [0.25, 0.3) is 0 Å². The molecule has 0 spiro atoms. The first-order valence-corrected chi connectivity index (χ1v) is 22.4. The Balaban J connectivity index is 0.000000174. The number of anilines is 4. The molecular formula is C46H65N13O4. The van der Waals surface area contributed by atoms with Crippen LogP contribution in [0, 0.1) is 19.3 Å². The van der Waals surface area contributed by atoms with Gasteiger partial charge < -0.3 is 41.0 Å². The quantitative estimate of drug-likeness (QED) is 0.170. The van der Waals surface area contributed by atoms with E-state index in [4.69, 9.17) is 5.41 Å². The molecular weight excluding hydrogens is 799 g/mol. The molecule has 338 valence electrons. The summed E-state index contributed by atoms with van der Waals surface area (Å²) in [6.45, 7) is 18.5. The molecule has 0 saturated carbocycles. The van der Waals surface area contributed by atoms with E-state index in [-0.39, 0.29) is 23.9 Å². The van der Waals surface area contributed by atoms with Gasteiger partial charge in [-0.25, -0.2) is 9.59 Å². The molecule has 0 aliphatic carbocycles. The molecule has 0 radical (unpaired) electrons. The maximum Gasteiger partial charge on any atom is 0.344 e. The smallest absolute Gasteiger partial charge is 0.344 e. The average Bonchev–Trinajstić information content (AvgIpc) is 3.97. The average molecular weight is 864 g/mol. The molecule has 0 unspecified atom stereocenters. The SMILES string of the molecule is CC(=O)Nc1ccn(C(=O)N2CCN(Cc3ccc(C)cc3N3CCCCC3)CC2)n1.CC(=O)Nc1ccn(C(=O)N2CCNCC2)n1.Cc1ccc(C=N)c(N2CCCCC2)c1. The molecule has 4 aliphatic rings. The minimum Gasteiger partial charge on any atom is -0.371 e. The number of amides is 4. The number of nitrogens with one attached hydrogen (secondary N) is 4. The lowest BCUT2D eigenvalue weighted by Crippen LogP contribution is -2.49. The van der Waals surface area contributed by atoms with Gasteiger partial charge in [0.1, 0.15) is 0 Å². The molecule has 0 atom stereocenters. The van der Waals surface area contributed by atoms with E-state index in [9.17, 15) is 19.2 Å². The molecule has 2 aromatic carbocycles. The van der Waals surface area contributed by atoms with Crippen molar-refractivity contribution >= 4 is 53.1 Å². The molecule has 17 nitrogen and oxygen atoms in total. The molecule has 2 aromatic heterocycles. The van der Waals surface area contributed by atoms with Crippen molar-refractivity contribution in [1.82, 2.24) is 39.6 Å². The molecule has 4 amide bonds. The van der Waals surface area contributed by atoms with E-state index in [0.29, 0.717) is 37.8 Å². The van der Waals surface area contributed by atoms with E-state index in [1.54, 1.807) is 29.4 Å². The highest BCUT2D eigenvalue weighted by Gasteiger charge is 2.25. The molecule has 0 bridgehead atoms. The molecule has 8 rings (SSSR count). The third-order valence-electron chi connectivity index (χ3n) is 11.6. The lowest BCUT2D eigenvalue weighted by molar-refractivity contribution is -0.115. The summed E-state index contributed by atoms with van der Waals surface area (Å²) in [6.07, 6.45) is 12.4. The largest absolute Gasteiger partial charge is 0.371 e. The van der Waals surface area contributed by atoms with E-state index >= 15 is 0 Å². The van der Waals surface area contributed by atoms with Crippen LogP contribution in [0.2, 0.25) is 0 Å². The lowest BCUT2D eigenvalue weighted by Gasteiger charge is -2.36. The van der Waals surface area contributed by atoms with Gasteiger partial charge in [0.15, 0.2) is 11.6 Å². The van der Waals surface area contributed by atoms with Gasteiger partial charge >= 0.3 is 12.1 Å². The summed E-state index contributed by atoms with van der Waals surface area (Å²) in [4.78, 5) is 57.6. The fourth-order valence-corrected chi connectivity index (χ4v) is 8.26. The Hall–Kier alpha value is -6.07. The number of carbonyl (C=O) groups is 4. The predicted molar refractivity (Wildman–Crippen MR) is 248 cm³/mol. The van der Waals surface area contributed by atoms with E-state index < -0.39 is 0 Å². The number of hydrogen-bond donors (Lipinski definition) is 4. The van der Waals surface area contributed by atoms with Crippen molar-refractivity contribution in [2.45, 2.75) is 72.8 Å². The van der Waals surface area contributed by atoms with Gasteiger partial charge in [0.05, 0.1) is 0 Å². The van der Waals surface area contributed by atoms with Crippen LogP contribution in [0.1, 0.15) is 74.6 Å². The predicted octanol–water partition coefficient (Wildman–Crippen LogP) is 5.62. The number of piperidine rings is 2. The zero-order chi connectivity index (χ0) is 44.7. The molecule has 4 aromatic rings. The molecule has 4 saturated heterocycles. The second-order valence-corrected chi connectivity index (χ2v) is 16.7. The first-order chi connectivity index (χ1) is 30.5. The highest BCUT2D eigenvalue weighted by atomic mass is 16.2. The number of rotatable bonds is 7. The van der Waals surface area contributed by atoms with Crippen molar-refractivity contribution < 1.29 is 19.2 Å². The third-order valence-corrected chi connectivity index (χ3v) is 11.6. The number of aryl methyl sites for hydroxylation is 2. The molecule has 6 heterocycles. The van der Waals surface area contributed by atoms with E-state index in [2.05, 4.69) is 85.0 Å². The third kappa shape index (κ3) is 13.5. The summed E-state index contributed by atoms with van der Waals surface area (Å²) >= 11 is 0. The maximum atomic E-state index is 12.8. The maximum absolute atomic E-state index is 12.8. The van der Waals surface area contributed by atoms with Gasteiger partial charge in [0, 0.05) is 147 Å². The molecule has 63 heavy (non-hydrogen) atoms. The summed E-state index contributed by atoms with van der Waals surface area (Å²) in [5.74, 6) is 0.376. The number of carbonyl (C=O) groups excluding carboxylic acids is 4. The fourth-order valence-electron chi connectivity index (χ4n) is 8.26. The van der Waals surface area contributed by atoms with Crippen molar-refractivity contribution in [2.75, 3.05) is 99.0 Å². The standard InChI is InChI=1S/C23H32N6O2.C13H18N2.C10H15N5O2/c1-18-6-7-20(21(16-18)27-9-4-3-5-10-27)17-26-12-14-28(15-13-26)23(31)29-11-8-22(25-29)24-19(2)30;1-11-5-6-12(10-14)13(9-11)15-7-3-2-4-8-15;1-8(16)12-9-2-5-15(13-9)10(17)14-6-3-11-4-7-14/h6-8,11,16H,3-5,9-10,12-15,17H2,1-2H3,(H,24,25,30);5-6,9-10,14H,2-4,7-8H2,1H3;2,5,11H,3-4,6-7H2,1H3,(H,12,13,16). The zero-order valence-corrected chi connectivity index (χ0v) is 37.4. The lowest BCUT2D eigenvalue weighted by atomic mass is 10.0. The second-order valence-electron chi connectivity index (χ2n) is 16.7. The summed E-state index contributed by atoms with van der Waals surface area (Å²) < 4.78 is 2.55. The number of aromatic nitrogens is 4. The Labute approximate surface area is 371 Å². The molecule has 4 N–H and O–H groups in total. The van der Waals surface area contributed by atoms with Crippen molar-refractivity contribution in [3.05, 3.63) is 83.2 Å². The number of hydrogen-bond acceptors (Lipinski definition) is 11. The van der Waals surface area contributed by atoms with Gasteiger partial charge in [-0.2, -0.15) is 9.36 Å². The van der Waals surface area contributed by atoms with Crippen LogP contribution in [0.25, 0.3) is 0 Å². The van der Waals surface area contributed by atoms with Crippen molar-refractivity contribution in [3.63, 3.8) is 0 Å². The van der Waals surface area contributed by atoms with Gasteiger partial charge in [-0.3, -0.25) is 14.5 Å².